The molecule has 0 radical (unpaired) electrons. The number of rotatable bonds is 13. The molecule has 0 aliphatic carbocycles. The molecule has 0 unspecified atom stereocenters. The highest BCUT2D eigenvalue weighted by Gasteiger charge is 2.08. The molecule has 0 saturated heterocycles. The van der Waals surface area contributed by atoms with Gasteiger partial charge in [-0.1, -0.05) is 25.0 Å². The van der Waals surface area contributed by atoms with Crippen LogP contribution < -0.4 is 10.6 Å². The highest BCUT2D eigenvalue weighted by Crippen LogP contribution is 2.08. The topological polar surface area (TPSA) is 83.0 Å². The summed E-state index contributed by atoms with van der Waals surface area (Å²) in [4.78, 5) is 29.6. The number of halogens is 1. The minimum Gasteiger partial charge on any atom is -0.466 e. The number of guanidine groups is 1. The fourth-order valence-electron chi connectivity index (χ4n) is 2.94. The third-order valence-electron chi connectivity index (χ3n) is 4.49. The molecule has 0 fully saturated rings. The van der Waals surface area contributed by atoms with Gasteiger partial charge in [0.15, 0.2) is 5.96 Å². The van der Waals surface area contributed by atoms with Crippen molar-refractivity contribution in [2.45, 2.75) is 52.4 Å². The number of carbonyl (C=O) groups is 2. The van der Waals surface area contributed by atoms with Gasteiger partial charge in [0.2, 0.25) is 0 Å². The lowest BCUT2D eigenvalue weighted by atomic mass is 10.1. The van der Waals surface area contributed by atoms with Gasteiger partial charge < -0.3 is 20.3 Å². The standard InChI is InChI=1S/C23H38N4O3.HI/c1-5-24-23(25-16-10-8-7-9-14-21(28)30-6-2)26-17-15-19-12-11-13-20(18-19)22(29)27(3)4;/h11-13,18H,5-10,14-17H2,1-4H3,(H2,24,25,26);1H. The number of hydrogen-bond donors (Lipinski definition) is 2. The van der Waals surface area contributed by atoms with Crippen LogP contribution in [0.5, 0.6) is 0 Å². The molecule has 0 bridgehead atoms. The molecule has 1 rings (SSSR count). The van der Waals surface area contributed by atoms with E-state index in [0.717, 1.165) is 63.3 Å². The van der Waals surface area contributed by atoms with Gasteiger partial charge in [0.1, 0.15) is 0 Å². The first-order chi connectivity index (χ1) is 14.5. The van der Waals surface area contributed by atoms with E-state index in [4.69, 9.17) is 4.74 Å². The number of nitrogens with one attached hydrogen (secondary N) is 2. The van der Waals surface area contributed by atoms with Gasteiger partial charge in [-0.3, -0.25) is 14.6 Å². The van der Waals surface area contributed by atoms with Crippen molar-refractivity contribution < 1.29 is 14.3 Å². The molecule has 1 aromatic rings. The molecule has 2 N–H and O–H groups in total. The van der Waals surface area contributed by atoms with Crippen molar-refractivity contribution in [2.24, 2.45) is 4.99 Å². The Balaban J connectivity index is 0.00000900. The Morgan fingerprint density at radius 1 is 1.06 bits per heavy atom. The van der Waals surface area contributed by atoms with E-state index in [9.17, 15) is 9.59 Å². The van der Waals surface area contributed by atoms with Crippen molar-refractivity contribution in [2.75, 3.05) is 40.3 Å². The predicted octanol–water partition coefficient (Wildman–Crippen LogP) is 3.62. The summed E-state index contributed by atoms with van der Waals surface area (Å²) in [6.07, 6.45) is 5.25. The Kier molecular flexibility index (Phi) is 16.7. The van der Waals surface area contributed by atoms with E-state index in [1.165, 1.54) is 0 Å². The van der Waals surface area contributed by atoms with Gasteiger partial charge >= 0.3 is 5.97 Å². The number of carbonyl (C=O) groups excluding carboxylic acids is 2. The summed E-state index contributed by atoms with van der Waals surface area (Å²) in [6.45, 7) is 6.62. The Hall–Kier alpha value is -1.84. The van der Waals surface area contributed by atoms with Crippen LogP contribution >= 0.6 is 24.0 Å². The Bertz CT molecular complexity index is 681. The molecule has 176 valence electrons. The average molecular weight is 546 g/mol. The molecule has 1 amide bonds. The minimum atomic E-state index is -0.106. The minimum absolute atomic E-state index is 0. The van der Waals surface area contributed by atoms with Crippen LogP contribution in [0.2, 0.25) is 0 Å². The lowest BCUT2D eigenvalue weighted by molar-refractivity contribution is -0.143. The number of nitrogens with zero attached hydrogens (tertiary/aromatic N) is 2. The monoisotopic (exact) mass is 546 g/mol. The quantitative estimate of drug-likeness (QED) is 0.130. The number of amides is 1. The van der Waals surface area contributed by atoms with E-state index in [2.05, 4.69) is 15.6 Å². The number of ether oxygens (including phenoxy) is 1. The van der Waals surface area contributed by atoms with Crippen molar-refractivity contribution in [3.8, 4) is 0 Å². The first-order valence-corrected chi connectivity index (χ1v) is 11.0. The van der Waals surface area contributed by atoms with Crippen LogP contribution in [0.15, 0.2) is 29.3 Å². The molecule has 8 heteroatoms. The predicted molar refractivity (Wildman–Crippen MR) is 137 cm³/mol. The number of benzene rings is 1. The summed E-state index contributed by atoms with van der Waals surface area (Å²) in [5.74, 6) is 0.720. The number of unbranched alkanes of at least 4 members (excludes halogenated alkanes) is 3. The van der Waals surface area contributed by atoms with E-state index >= 15 is 0 Å². The second-order valence-electron chi connectivity index (χ2n) is 7.31. The maximum atomic E-state index is 12.1. The lowest BCUT2D eigenvalue weighted by Gasteiger charge is -2.13. The maximum absolute atomic E-state index is 12.1. The summed E-state index contributed by atoms with van der Waals surface area (Å²) in [5.41, 5.74) is 1.83. The normalized spacial score (nSPS) is 10.8. The second kappa shape index (κ2) is 17.8. The fraction of sp³-hybridized carbons (Fsp3) is 0.609. The van der Waals surface area contributed by atoms with E-state index in [-0.39, 0.29) is 35.9 Å². The van der Waals surface area contributed by atoms with Crippen LogP contribution in [0.1, 0.15) is 61.9 Å². The van der Waals surface area contributed by atoms with Gasteiger partial charge in [-0.15, -0.1) is 24.0 Å². The van der Waals surface area contributed by atoms with E-state index in [1.54, 1.807) is 19.0 Å². The van der Waals surface area contributed by atoms with Crippen LogP contribution in [0.4, 0.5) is 0 Å². The van der Waals surface area contributed by atoms with Crippen LogP contribution in [-0.4, -0.2) is 63.1 Å². The van der Waals surface area contributed by atoms with Gasteiger partial charge in [0, 0.05) is 45.7 Å². The molecule has 0 aliphatic rings. The molecule has 1 aromatic carbocycles. The number of esters is 1. The van der Waals surface area contributed by atoms with E-state index < -0.39 is 0 Å². The molecular formula is C23H39IN4O3. The summed E-state index contributed by atoms with van der Waals surface area (Å²) < 4.78 is 4.93. The first kappa shape index (κ1) is 29.2. The van der Waals surface area contributed by atoms with E-state index in [0.29, 0.717) is 18.6 Å². The van der Waals surface area contributed by atoms with Crippen molar-refractivity contribution in [3.63, 3.8) is 0 Å². The molecule has 31 heavy (non-hydrogen) atoms. The lowest BCUT2D eigenvalue weighted by Crippen LogP contribution is -2.38. The Morgan fingerprint density at radius 2 is 1.81 bits per heavy atom. The van der Waals surface area contributed by atoms with Gasteiger partial charge in [-0.05, 0) is 50.8 Å². The molecule has 0 aromatic heterocycles. The van der Waals surface area contributed by atoms with Crippen molar-refractivity contribution in [3.05, 3.63) is 35.4 Å². The summed E-state index contributed by atoms with van der Waals surface area (Å²) in [5, 5.41) is 6.62. The maximum Gasteiger partial charge on any atom is 0.305 e. The van der Waals surface area contributed by atoms with Crippen LogP contribution in [0, 0.1) is 0 Å². The van der Waals surface area contributed by atoms with Gasteiger partial charge in [-0.2, -0.15) is 0 Å². The van der Waals surface area contributed by atoms with Crippen LogP contribution in [0.3, 0.4) is 0 Å². The molecule has 0 heterocycles. The zero-order valence-electron chi connectivity index (χ0n) is 19.4. The number of aliphatic imine (C=N–C) groups is 1. The van der Waals surface area contributed by atoms with Crippen molar-refractivity contribution in [1.29, 1.82) is 0 Å². The SMILES string of the molecule is CCNC(=NCCCCCCC(=O)OCC)NCCc1cccc(C(=O)N(C)C)c1.I. The second-order valence-corrected chi connectivity index (χ2v) is 7.31. The summed E-state index contributed by atoms with van der Waals surface area (Å²) in [6, 6.07) is 7.75. The fourth-order valence-corrected chi connectivity index (χ4v) is 2.94. The van der Waals surface area contributed by atoms with Crippen molar-refractivity contribution in [1.82, 2.24) is 15.5 Å². The molecule has 0 spiro atoms. The number of hydrogen-bond acceptors (Lipinski definition) is 4. The third kappa shape index (κ3) is 13.2. The zero-order valence-corrected chi connectivity index (χ0v) is 21.7. The van der Waals surface area contributed by atoms with Gasteiger partial charge in [0.25, 0.3) is 5.91 Å². The highest BCUT2D eigenvalue weighted by atomic mass is 127. The van der Waals surface area contributed by atoms with Crippen LogP contribution in [-0.2, 0) is 16.0 Å². The molecule has 0 aliphatic heterocycles. The smallest absolute Gasteiger partial charge is 0.305 e. The van der Waals surface area contributed by atoms with E-state index in [1.807, 2.05) is 38.1 Å². The highest BCUT2D eigenvalue weighted by molar-refractivity contribution is 14.0. The summed E-state index contributed by atoms with van der Waals surface area (Å²) in [7, 11) is 3.52. The molecule has 0 saturated carbocycles. The summed E-state index contributed by atoms with van der Waals surface area (Å²) >= 11 is 0. The Labute approximate surface area is 204 Å². The van der Waals surface area contributed by atoms with Gasteiger partial charge in [0.05, 0.1) is 6.61 Å². The molecule has 0 atom stereocenters. The zero-order chi connectivity index (χ0) is 22.2. The first-order valence-electron chi connectivity index (χ1n) is 11.0. The third-order valence-corrected chi connectivity index (χ3v) is 4.49. The van der Waals surface area contributed by atoms with Crippen LogP contribution in [0.25, 0.3) is 0 Å². The van der Waals surface area contributed by atoms with Gasteiger partial charge in [-0.25, -0.2) is 0 Å². The largest absolute Gasteiger partial charge is 0.466 e. The van der Waals surface area contributed by atoms with Crippen molar-refractivity contribution >= 4 is 41.8 Å². The average Bonchev–Trinajstić information content (AvgIpc) is 2.72. The molecular weight excluding hydrogens is 507 g/mol. The Morgan fingerprint density at radius 3 is 2.48 bits per heavy atom. The molecule has 7 nitrogen and oxygen atoms in total.